The summed E-state index contributed by atoms with van der Waals surface area (Å²) in [5.41, 5.74) is 2.02. The summed E-state index contributed by atoms with van der Waals surface area (Å²) < 4.78 is 0. The third-order valence-electron chi connectivity index (χ3n) is 5.39. The second-order valence-electron chi connectivity index (χ2n) is 8.01. The Hall–Kier alpha value is -2.83. The highest BCUT2D eigenvalue weighted by Crippen LogP contribution is 2.19. The lowest BCUT2D eigenvalue weighted by molar-refractivity contribution is -0.139. The van der Waals surface area contributed by atoms with Gasteiger partial charge in [0.05, 0.1) is 13.0 Å². The van der Waals surface area contributed by atoms with Gasteiger partial charge in [0.15, 0.2) is 0 Å². The molecule has 0 bridgehead atoms. The number of piperazine rings is 1. The topological polar surface area (TPSA) is 85.5 Å². The largest absolute Gasteiger partial charge is 0.361 e. The van der Waals surface area contributed by atoms with Gasteiger partial charge in [-0.05, 0) is 24.0 Å². The molecule has 0 radical (unpaired) electrons. The van der Waals surface area contributed by atoms with E-state index in [9.17, 15) is 14.4 Å². The van der Waals surface area contributed by atoms with Gasteiger partial charge in [0.2, 0.25) is 17.7 Å². The Morgan fingerprint density at radius 1 is 1.03 bits per heavy atom. The highest BCUT2D eigenvalue weighted by molar-refractivity contribution is 5.89. The van der Waals surface area contributed by atoms with Gasteiger partial charge in [-0.15, -0.1) is 0 Å². The first kappa shape index (κ1) is 20.9. The minimum absolute atomic E-state index is 0.0280. The predicted octanol–water partition coefficient (Wildman–Crippen LogP) is 1.93. The molecule has 1 aliphatic heterocycles. The van der Waals surface area contributed by atoms with E-state index in [2.05, 4.69) is 24.1 Å². The molecule has 3 rings (SSSR count). The summed E-state index contributed by atoms with van der Waals surface area (Å²) in [6.45, 7) is 6.21. The first-order valence-corrected chi connectivity index (χ1v) is 10.3. The van der Waals surface area contributed by atoms with Crippen LogP contribution >= 0.6 is 0 Å². The third-order valence-corrected chi connectivity index (χ3v) is 5.39. The van der Waals surface area contributed by atoms with Gasteiger partial charge in [-0.25, -0.2) is 0 Å². The van der Waals surface area contributed by atoms with Gasteiger partial charge in [0, 0.05) is 49.7 Å². The van der Waals surface area contributed by atoms with Crippen LogP contribution < -0.4 is 5.32 Å². The molecule has 3 amide bonds. The molecule has 1 saturated heterocycles. The van der Waals surface area contributed by atoms with Crippen molar-refractivity contribution in [2.45, 2.75) is 33.1 Å². The number of rotatable bonds is 7. The Morgan fingerprint density at radius 3 is 2.38 bits per heavy atom. The van der Waals surface area contributed by atoms with E-state index in [1.54, 1.807) is 4.90 Å². The van der Waals surface area contributed by atoms with E-state index in [-0.39, 0.29) is 24.3 Å². The molecule has 7 nitrogen and oxygen atoms in total. The van der Waals surface area contributed by atoms with Crippen molar-refractivity contribution in [3.63, 3.8) is 0 Å². The minimum atomic E-state index is -0.0911. The van der Waals surface area contributed by atoms with Crippen LogP contribution in [0.2, 0.25) is 0 Å². The van der Waals surface area contributed by atoms with Crippen molar-refractivity contribution in [1.82, 2.24) is 20.1 Å². The highest BCUT2D eigenvalue weighted by Gasteiger charge is 2.24. The van der Waals surface area contributed by atoms with Crippen molar-refractivity contribution in [2.75, 3.05) is 32.7 Å². The van der Waals surface area contributed by atoms with Gasteiger partial charge in [-0.1, -0.05) is 32.0 Å². The Bertz CT molecular complexity index is 866. The average Bonchev–Trinajstić information content (AvgIpc) is 3.13. The molecule has 2 heterocycles. The molecule has 0 spiro atoms. The molecule has 2 N–H and O–H groups in total. The molecule has 0 unspecified atom stereocenters. The van der Waals surface area contributed by atoms with Crippen LogP contribution in [0.25, 0.3) is 10.9 Å². The minimum Gasteiger partial charge on any atom is -0.361 e. The Kier molecular flexibility index (Phi) is 6.90. The number of hydrogen-bond donors (Lipinski definition) is 2. The molecule has 1 aromatic heterocycles. The van der Waals surface area contributed by atoms with Crippen molar-refractivity contribution in [3.05, 3.63) is 36.0 Å². The highest BCUT2D eigenvalue weighted by atomic mass is 16.2. The number of aromatic nitrogens is 1. The van der Waals surface area contributed by atoms with E-state index in [1.165, 1.54) is 0 Å². The van der Waals surface area contributed by atoms with E-state index >= 15 is 0 Å². The molecule has 156 valence electrons. The summed E-state index contributed by atoms with van der Waals surface area (Å²) in [4.78, 5) is 43.5. The van der Waals surface area contributed by atoms with E-state index in [4.69, 9.17) is 0 Å². The van der Waals surface area contributed by atoms with Crippen molar-refractivity contribution < 1.29 is 14.4 Å². The Balaban J connectivity index is 1.43. The third kappa shape index (κ3) is 5.59. The molecule has 29 heavy (non-hydrogen) atoms. The fraction of sp³-hybridized carbons (Fsp3) is 0.500. The molecule has 0 aliphatic carbocycles. The van der Waals surface area contributed by atoms with E-state index in [0.29, 0.717) is 44.9 Å². The molecule has 1 fully saturated rings. The molecular weight excluding hydrogens is 368 g/mol. The molecule has 7 heteroatoms. The second kappa shape index (κ2) is 9.58. The number of carbonyl (C=O) groups is 3. The quantitative estimate of drug-likeness (QED) is 0.747. The van der Waals surface area contributed by atoms with E-state index in [1.807, 2.05) is 35.4 Å². The molecule has 2 aromatic rings. The standard InChI is InChI=1S/C22H30N4O3/c1-16(2)7-8-20(27)24-15-22(29)26-11-9-25(10-12-26)21(28)13-17-14-23-19-6-4-3-5-18(17)19/h3-6,14,16,23H,7-13,15H2,1-2H3,(H,24,27). The summed E-state index contributed by atoms with van der Waals surface area (Å²) in [6, 6.07) is 7.94. The fourth-order valence-electron chi connectivity index (χ4n) is 3.55. The lowest BCUT2D eigenvalue weighted by atomic mass is 10.1. The lowest BCUT2D eigenvalue weighted by Gasteiger charge is -2.35. The van der Waals surface area contributed by atoms with Crippen LogP contribution in [0, 0.1) is 5.92 Å². The Morgan fingerprint density at radius 2 is 1.69 bits per heavy atom. The Labute approximate surface area is 171 Å². The summed E-state index contributed by atoms with van der Waals surface area (Å²) >= 11 is 0. The number of amides is 3. The SMILES string of the molecule is CC(C)CCC(=O)NCC(=O)N1CCN(C(=O)Cc2c[nH]c3ccccc23)CC1. The number of fused-ring (bicyclic) bond motifs is 1. The predicted molar refractivity (Wildman–Crippen MR) is 112 cm³/mol. The first-order valence-electron chi connectivity index (χ1n) is 10.3. The zero-order valence-corrected chi connectivity index (χ0v) is 17.2. The first-order chi connectivity index (χ1) is 13.9. The molecule has 0 saturated carbocycles. The number of carbonyl (C=O) groups excluding carboxylic acids is 3. The van der Waals surface area contributed by atoms with Crippen LogP contribution in [-0.4, -0.2) is 65.2 Å². The number of para-hydroxylation sites is 1. The van der Waals surface area contributed by atoms with Crippen molar-refractivity contribution in [3.8, 4) is 0 Å². The van der Waals surface area contributed by atoms with Crippen LogP contribution in [0.3, 0.4) is 0 Å². The van der Waals surface area contributed by atoms with Crippen LogP contribution in [0.5, 0.6) is 0 Å². The number of aromatic amines is 1. The second-order valence-corrected chi connectivity index (χ2v) is 8.01. The van der Waals surface area contributed by atoms with Gasteiger partial charge in [-0.2, -0.15) is 0 Å². The van der Waals surface area contributed by atoms with Gasteiger partial charge >= 0.3 is 0 Å². The van der Waals surface area contributed by atoms with Crippen LogP contribution in [-0.2, 0) is 20.8 Å². The van der Waals surface area contributed by atoms with Gasteiger partial charge in [0.1, 0.15) is 0 Å². The zero-order chi connectivity index (χ0) is 20.8. The molecule has 1 aromatic carbocycles. The number of H-pyrrole nitrogens is 1. The fourth-order valence-corrected chi connectivity index (χ4v) is 3.55. The number of hydrogen-bond acceptors (Lipinski definition) is 3. The average molecular weight is 399 g/mol. The number of nitrogens with zero attached hydrogens (tertiary/aromatic N) is 2. The van der Waals surface area contributed by atoms with Crippen LogP contribution in [0.4, 0.5) is 0 Å². The van der Waals surface area contributed by atoms with Crippen LogP contribution in [0.1, 0.15) is 32.3 Å². The molecular formula is C22H30N4O3. The summed E-state index contributed by atoms with van der Waals surface area (Å²) in [5, 5.41) is 3.77. The molecule has 1 aliphatic rings. The zero-order valence-electron chi connectivity index (χ0n) is 17.2. The maximum atomic E-state index is 12.7. The van der Waals surface area contributed by atoms with E-state index < -0.39 is 0 Å². The lowest BCUT2D eigenvalue weighted by Crippen LogP contribution is -2.52. The van der Waals surface area contributed by atoms with E-state index in [0.717, 1.165) is 22.9 Å². The van der Waals surface area contributed by atoms with Crippen LogP contribution in [0.15, 0.2) is 30.5 Å². The van der Waals surface area contributed by atoms with Gasteiger partial charge < -0.3 is 20.1 Å². The maximum Gasteiger partial charge on any atom is 0.242 e. The normalized spacial score (nSPS) is 14.4. The van der Waals surface area contributed by atoms with Gasteiger partial charge in [0.25, 0.3) is 0 Å². The monoisotopic (exact) mass is 398 g/mol. The van der Waals surface area contributed by atoms with Gasteiger partial charge in [-0.3, -0.25) is 14.4 Å². The summed E-state index contributed by atoms with van der Waals surface area (Å²) in [5.74, 6) is 0.362. The summed E-state index contributed by atoms with van der Waals surface area (Å²) in [6.07, 6.45) is 3.51. The van der Waals surface area contributed by atoms with Crippen molar-refractivity contribution in [2.24, 2.45) is 5.92 Å². The number of benzene rings is 1. The smallest absolute Gasteiger partial charge is 0.242 e. The molecule has 0 atom stereocenters. The number of nitrogens with one attached hydrogen (secondary N) is 2. The summed E-state index contributed by atoms with van der Waals surface area (Å²) in [7, 11) is 0. The maximum absolute atomic E-state index is 12.7. The van der Waals surface area contributed by atoms with Crippen molar-refractivity contribution in [1.29, 1.82) is 0 Å². The van der Waals surface area contributed by atoms with Crippen molar-refractivity contribution >= 4 is 28.6 Å².